The van der Waals surface area contributed by atoms with E-state index in [0.29, 0.717) is 19.7 Å². The zero-order valence-electron chi connectivity index (χ0n) is 11.3. The summed E-state index contributed by atoms with van der Waals surface area (Å²) in [6.45, 7) is 1.45. The van der Waals surface area contributed by atoms with Crippen molar-refractivity contribution in [2.45, 2.75) is 12.5 Å². The van der Waals surface area contributed by atoms with Crippen LogP contribution in [-0.2, 0) is 16.1 Å². The number of hydrogen-bond donors (Lipinski definition) is 2. The Labute approximate surface area is 117 Å². The van der Waals surface area contributed by atoms with Gasteiger partial charge >= 0.3 is 12.0 Å². The number of methoxy groups -OCH3 is 1. The monoisotopic (exact) mass is 278 g/mol. The second-order valence-electron chi connectivity index (χ2n) is 4.69. The summed E-state index contributed by atoms with van der Waals surface area (Å²) in [5, 5.41) is 12.0. The molecule has 0 saturated heterocycles. The van der Waals surface area contributed by atoms with Crippen LogP contribution in [0.4, 0.5) is 4.79 Å². The molecule has 0 aromatic heterocycles. The van der Waals surface area contributed by atoms with Crippen molar-refractivity contribution >= 4 is 12.0 Å². The van der Waals surface area contributed by atoms with Gasteiger partial charge in [0.05, 0.1) is 12.5 Å². The molecule has 0 spiro atoms. The van der Waals surface area contributed by atoms with Gasteiger partial charge in [-0.25, -0.2) is 4.79 Å². The van der Waals surface area contributed by atoms with Gasteiger partial charge in [0, 0.05) is 26.7 Å². The molecule has 1 atom stereocenters. The summed E-state index contributed by atoms with van der Waals surface area (Å²) < 4.78 is 4.87. The van der Waals surface area contributed by atoms with Crippen LogP contribution in [0.3, 0.4) is 0 Å². The molecule has 0 radical (unpaired) electrons. The molecule has 1 aliphatic rings. The average Bonchev–Trinajstić information content (AvgIpc) is 2.46. The van der Waals surface area contributed by atoms with Gasteiger partial charge in [-0.3, -0.25) is 4.79 Å². The number of rotatable bonds is 4. The normalized spacial score (nSPS) is 17.4. The van der Waals surface area contributed by atoms with Gasteiger partial charge in [0.1, 0.15) is 0 Å². The third-order valence-electron chi connectivity index (χ3n) is 3.36. The molecule has 0 fully saturated rings. The molecule has 6 nitrogen and oxygen atoms in total. The number of urea groups is 1. The first kappa shape index (κ1) is 14.3. The Hall–Kier alpha value is -2.08. The van der Waals surface area contributed by atoms with Crippen LogP contribution in [0.25, 0.3) is 0 Å². The van der Waals surface area contributed by atoms with Gasteiger partial charge in [-0.1, -0.05) is 24.3 Å². The number of fused-ring (bicyclic) bond motifs is 1. The fourth-order valence-corrected chi connectivity index (χ4v) is 2.34. The predicted molar refractivity (Wildman–Crippen MR) is 72.5 cm³/mol. The van der Waals surface area contributed by atoms with Crippen LogP contribution in [-0.4, -0.2) is 48.8 Å². The molecule has 0 aliphatic carbocycles. The Bertz CT molecular complexity index is 504. The van der Waals surface area contributed by atoms with Crippen molar-refractivity contribution in [2.75, 3.05) is 26.8 Å². The lowest BCUT2D eigenvalue weighted by Gasteiger charge is -2.32. The number of amides is 2. The maximum atomic E-state index is 12.0. The number of nitrogens with one attached hydrogen (secondary N) is 1. The van der Waals surface area contributed by atoms with Gasteiger partial charge in [-0.05, 0) is 11.1 Å². The molecule has 0 saturated carbocycles. The number of nitrogens with zero attached hydrogens (tertiary/aromatic N) is 1. The Balaban J connectivity index is 2.12. The Morgan fingerprint density at radius 1 is 1.45 bits per heavy atom. The van der Waals surface area contributed by atoms with Gasteiger partial charge in [0.25, 0.3) is 0 Å². The highest BCUT2D eigenvalue weighted by Crippen LogP contribution is 2.28. The van der Waals surface area contributed by atoms with E-state index < -0.39 is 11.9 Å². The van der Waals surface area contributed by atoms with E-state index in [1.165, 1.54) is 4.90 Å². The SMILES string of the molecule is COCCNC(=O)N1Cc2ccccc2C(C(=O)O)C1. The van der Waals surface area contributed by atoms with Crippen LogP contribution in [0.1, 0.15) is 17.0 Å². The summed E-state index contributed by atoms with van der Waals surface area (Å²) in [7, 11) is 1.56. The minimum Gasteiger partial charge on any atom is -0.481 e. The highest BCUT2D eigenvalue weighted by molar-refractivity contribution is 5.80. The van der Waals surface area contributed by atoms with E-state index >= 15 is 0 Å². The topological polar surface area (TPSA) is 78.9 Å². The number of aliphatic carboxylic acids is 1. The first-order valence-electron chi connectivity index (χ1n) is 6.45. The van der Waals surface area contributed by atoms with Crippen molar-refractivity contribution in [3.8, 4) is 0 Å². The number of benzene rings is 1. The van der Waals surface area contributed by atoms with Gasteiger partial charge in [-0.15, -0.1) is 0 Å². The minimum absolute atomic E-state index is 0.186. The standard InChI is InChI=1S/C14H18N2O4/c1-20-7-6-15-14(19)16-8-10-4-2-3-5-11(10)12(9-16)13(17)18/h2-5,12H,6-9H2,1H3,(H,15,19)(H,17,18). The molecule has 2 rings (SSSR count). The maximum Gasteiger partial charge on any atom is 0.317 e. The van der Waals surface area contributed by atoms with Crippen LogP contribution in [0, 0.1) is 0 Å². The Morgan fingerprint density at radius 2 is 2.20 bits per heavy atom. The van der Waals surface area contributed by atoms with Crippen molar-refractivity contribution in [1.82, 2.24) is 10.2 Å². The van der Waals surface area contributed by atoms with E-state index in [0.717, 1.165) is 11.1 Å². The largest absolute Gasteiger partial charge is 0.481 e. The first-order valence-corrected chi connectivity index (χ1v) is 6.45. The van der Waals surface area contributed by atoms with Crippen molar-refractivity contribution in [2.24, 2.45) is 0 Å². The Morgan fingerprint density at radius 3 is 2.90 bits per heavy atom. The quantitative estimate of drug-likeness (QED) is 0.806. The van der Waals surface area contributed by atoms with Crippen molar-refractivity contribution in [3.05, 3.63) is 35.4 Å². The second kappa shape index (κ2) is 6.38. The molecule has 2 N–H and O–H groups in total. The molecule has 0 bridgehead atoms. The van der Waals surface area contributed by atoms with Crippen LogP contribution < -0.4 is 5.32 Å². The van der Waals surface area contributed by atoms with Crippen LogP contribution in [0.5, 0.6) is 0 Å². The molecule has 108 valence electrons. The first-order chi connectivity index (χ1) is 9.63. The highest BCUT2D eigenvalue weighted by Gasteiger charge is 2.32. The van der Waals surface area contributed by atoms with E-state index in [1.54, 1.807) is 7.11 Å². The summed E-state index contributed by atoms with van der Waals surface area (Å²) in [4.78, 5) is 24.9. The van der Waals surface area contributed by atoms with Crippen molar-refractivity contribution in [1.29, 1.82) is 0 Å². The second-order valence-corrected chi connectivity index (χ2v) is 4.69. The zero-order valence-corrected chi connectivity index (χ0v) is 11.3. The van der Waals surface area contributed by atoms with Crippen LogP contribution >= 0.6 is 0 Å². The summed E-state index contributed by atoms with van der Waals surface area (Å²) in [6.07, 6.45) is 0. The number of carboxylic acid groups (broad SMARTS) is 1. The van der Waals surface area contributed by atoms with E-state index in [1.807, 2.05) is 24.3 Å². The molecule has 1 unspecified atom stereocenters. The number of hydrogen-bond acceptors (Lipinski definition) is 3. The molecule has 1 aromatic rings. The summed E-state index contributed by atoms with van der Waals surface area (Å²) in [5.74, 6) is -1.58. The summed E-state index contributed by atoms with van der Waals surface area (Å²) >= 11 is 0. The summed E-state index contributed by atoms with van der Waals surface area (Å²) in [6, 6.07) is 7.09. The molecule has 6 heteroatoms. The lowest BCUT2D eigenvalue weighted by molar-refractivity contribution is -0.139. The molecule has 1 aromatic carbocycles. The molecule has 1 aliphatic heterocycles. The van der Waals surface area contributed by atoms with Crippen molar-refractivity contribution < 1.29 is 19.4 Å². The molecule has 20 heavy (non-hydrogen) atoms. The fraction of sp³-hybridized carbons (Fsp3) is 0.429. The zero-order chi connectivity index (χ0) is 14.5. The molecular weight excluding hydrogens is 260 g/mol. The van der Waals surface area contributed by atoms with Crippen LogP contribution in [0.15, 0.2) is 24.3 Å². The average molecular weight is 278 g/mol. The summed E-state index contributed by atoms with van der Waals surface area (Å²) in [5.41, 5.74) is 1.67. The maximum absolute atomic E-state index is 12.0. The number of carbonyl (C=O) groups excluding carboxylic acids is 1. The lowest BCUT2D eigenvalue weighted by atomic mass is 9.90. The number of carboxylic acids is 1. The van der Waals surface area contributed by atoms with Gasteiger partial charge < -0.3 is 20.1 Å². The molecular formula is C14H18N2O4. The van der Waals surface area contributed by atoms with Gasteiger partial charge in [0.15, 0.2) is 0 Å². The number of ether oxygens (including phenoxy) is 1. The van der Waals surface area contributed by atoms with E-state index in [-0.39, 0.29) is 12.6 Å². The van der Waals surface area contributed by atoms with Crippen molar-refractivity contribution in [3.63, 3.8) is 0 Å². The third-order valence-corrected chi connectivity index (χ3v) is 3.36. The van der Waals surface area contributed by atoms with Crippen LogP contribution in [0.2, 0.25) is 0 Å². The van der Waals surface area contributed by atoms with E-state index in [4.69, 9.17) is 4.74 Å². The smallest absolute Gasteiger partial charge is 0.317 e. The highest BCUT2D eigenvalue weighted by atomic mass is 16.5. The van der Waals surface area contributed by atoms with E-state index in [9.17, 15) is 14.7 Å². The number of carbonyl (C=O) groups is 2. The van der Waals surface area contributed by atoms with Gasteiger partial charge in [0.2, 0.25) is 0 Å². The third kappa shape index (κ3) is 3.08. The predicted octanol–water partition coefficient (Wildman–Crippen LogP) is 1.03. The lowest BCUT2D eigenvalue weighted by Crippen LogP contribution is -2.46. The molecule has 2 amide bonds. The fourth-order valence-electron chi connectivity index (χ4n) is 2.34. The van der Waals surface area contributed by atoms with Gasteiger partial charge in [-0.2, -0.15) is 0 Å². The minimum atomic E-state index is -0.910. The molecule has 1 heterocycles. The Kier molecular flexibility index (Phi) is 4.57. The van der Waals surface area contributed by atoms with E-state index in [2.05, 4.69) is 5.32 Å².